The van der Waals surface area contributed by atoms with Crippen LogP contribution in [-0.2, 0) is 6.18 Å². The van der Waals surface area contributed by atoms with Crippen molar-refractivity contribution in [3.63, 3.8) is 0 Å². The average Bonchev–Trinajstić information content (AvgIpc) is 3.22. The molecule has 0 aromatic carbocycles. The highest BCUT2D eigenvalue weighted by atomic mass is 19.4. The molecule has 2 aliphatic rings. The third-order valence-electron chi connectivity index (χ3n) is 5.21. The van der Waals surface area contributed by atoms with Crippen molar-refractivity contribution in [1.29, 1.82) is 0 Å². The van der Waals surface area contributed by atoms with Crippen molar-refractivity contribution in [2.75, 3.05) is 54.0 Å². The Kier molecular flexibility index (Phi) is 4.99. The maximum atomic E-state index is 13.3. The summed E-state index contributed by atoms with van der Waals surface area (Å²) in [5, 5.41) is 0. The van der Waals surface area contributed by atoms with E-state index >= 15 is 0 Å². The number of hydrogen-bond donors (Lipinski definition) is 0. The molecule has 0 bridgehead atoms. The molecule has 0 aliphatic carbocycles. The van der Waals surface area contributed by atoms with Gasteiger partial charge in [-0.05, 0) is 31.9 Å². The van der Waals surface area contributed by atoms with Gasteiger partial charge in [-0.25, -0.2) is 9.97 Å². The Bertz CT molecular complexity index is 827. The van der Waals surface area contributed by atoms with Crippen LogP contribution in [0.25, 0.3) is 0 Å². The van der Waals surface area contributed by atoms with Crippen molar-refractivity contribution in [1.82, 2.24) is 15.0 Å². The second kappa shape index (κ2) is 7.44. The van der Waals surface area contributed by atoms with Gasteiger partial charge in [-0.2, -0.15) is 18.2 Å². The molecule has 2 aliphatic heterocycles. The number of pyridine rings is 1. The van der Waals surface area contributed by atoms with Crippen LogP contribution in [0.15, 0.2) is 24.4 Å². The highest BCUT2D eigenvalue weighted by molar-refractivity contribution is 5.52. The molecule has 2 saturated heterocycles. The quantitative estimate of drug-likeness (QED) is 0.800. The lowest BCUT2D eigenvalue weighted by Crippen LogP contribution is -2.47. The van der Waals surface area contributed by atoms with E-state index in [-0.39, 0.29) is 5.82 Å². The van der Waals surface area contributed by atoms with Crippen LogP contribution in [0.4, 0.5) is 30.8 Å². The van der Waals surface area contributed by atoms with Crippen LogP contribution in [0.5, 0.6) is 0 Å². The molecule has 2 aromatic rings. The Labute approximate surface area is 162 Å². The maximum absolute atomic E-state index is 13.3. The molecule has 2 fully saturated rings. The number of piperazine rings is 1. The van der Waals surface area contributed by atoms with E-state index in [1.165, 1.54) is 12.3 Å². The van der Waals surface area contributed by atoms with Crippen molar-refractivity contribution in [3.05, 3.63) is 35.7 Å². The highest BCUT2D eigenvalue weighted by Gasteiger charge is 2.36. The van der Waals surface area contributed by atoms with Crippen LogP contribution in [0.2, 0.25) is 0 Å². The van der Waals surface area contributed by atoms with Crippen LogP contribution in [0, 0.1) is 6.92 Å². The van der Waals surface area contributed by atoms with Crippen LogP contribution in [0.1, 0.15) is 24.1 Å². The van der Waals surface area contributed by atoms with Gasteiger partial charge < -0.3 is 14.7 Å². The number of rotatable bonds is 3. The van der Waals surface area contributed by atoms with Crippen LogP contribution < -0.4 is 14.7 Å². The van der Waals surface area contributed by atoms with Gasteiger partial charge in [0.1, 0.15) is 11.6 Å². The van der Waals surface area contributed by atoms with E-state index < -0.39 is 11.7 Å². The minimum absolute atomic E-state index is 0.00581. The minimum Gasteiger partial charge on any atom is -0.353 e. The predicted octanol–water partition coefficient (Wildman–Crippen LogP) is 3.13. The second-order valence-corrected chi connectivity index (χ2v) is 7.21. The summed E-state index contributed by atoms with van der Waals surface area (Å²) in [6, 6.07) is 4.36. The van der Waals surface area contributed by atoms with Gasteiger partial charge in [0.25, 0.3) is 0 Å². The van der Waals surface area contributed by atoms with E-state index in [4.69, 9.17) is 4.98 Å². The van der Waals surface area contributed by atoms with Crippen molar-refractivity contribution in [2.24, 2.45) is 0 Å². The average molecular weight is 392 g/mol. The standard InChI is InChI=1S/C19H23F3N6/c1-14-13-16(25-18(24-14)28-7-2-3-8-28)26-9-11-27(12-10-26)17-15(19(20,21)22)5-4-6-23-17/h4-6,13H,2-3,7-12H2,1H3. The highest BCUT2D eigenvalue weighted by Crippen LogP contribution is 2.35. The van der Waals surface area contributed by atoms with Crippen molar-refractivity contribution in [3.8, 4) is 0 Å². The summed E-state index contributed by atoms with van der Waals surface area (Å²) in [5.41, 5.74) is 0.219. The molecule has 0 atom stereocenters. The molecule has 0 N–H and O–H groups in total. The zero-order valence-corrected chi connectivity index (χ0v) is 15.8. The number of nitrogens with zero attached hydrogens (tertiary/aromatic N) is 6. The molecule has 28 heavy (non-hydrogen) atoms. The number of aromatic nitrogens is 3. The molecule has 150 valence electrons. The van der Waals surface area contributed by atoms with Crippen molar-refractivity contribution >= 4 is 17.6 Å². The van der Waals surface area contributed by atoms with Crippen molar-refractivity contribution in [2.45, 2.75) is 25.9 Å². The third-order valence-corrected chi connectivity index (χ3v) is 5.21. The first-order chi connectivity index (χ1) is 13.4. The van der Waals surface area contributed by atoms with E-state index in [2.05, 4.69) is 19.8 Å². The Balaban J connectivity index is 1.49. The molecule has 0 saturated carbocycles. The summed E-state index contributed by atoms with van der Waals surface area (Å²) in [4.78, 5) is 19.3. The monoisotopic (exact) mass is 392 g/mol. The summed E-state index contributed by atoms with van der Waals surface area (Å²) in [7, 11) is 0. The van der Waals surface area contributed by atoms with Gasteiger partial charge in [0.2, 0.25) is 5.95 Å². The van der Waals surface area contributed by atoms with Gasteiger partial charge in [0.05, 0.1) is 5.56 Å². The Morgan fingerprint density at radius 1 is 0.893 bits per heavy atom. The molecule has 0 amide bonds. The van der Waals surface area contributed by atoms with Gasteiger partial charge >= 0.3 is 6.18 Å². The topological polar surface area (TPSA) is 48.4 Å². The Hall–Kier alpha value is -2.58. The second-order valence-electron chi connectivity index (χ2n) is 7.21. The predicted molar refractivity (Wildman–Crippen MR) is 102 cm³/mol. The molecule has 4 heterocycles. The molecule has 2 aromatic heterocycles. The first-order valence-corrected chi connectivity index (χ1v) is 9.54. The third kappa shape index (κ3) is 3.83. The minimum atomic E-state index is -4.41. The van der Waals surface area contributed by atoms with Gasteiger partial charge in [-0.15, -0.1) is 0 Å². The fourth-order valence-corrected chi connectivity index (χ4v) is 3.77. The van der Waals surface area contributed by atoms with Crippen LogP contribution >= 0.6 is 0 Å². The van der Waals surface area contributed by atoms with Crippen LogP contribution in [-0.4, -0.2) is 54.2 Å². The smallest absolute Gasteiger partial charge is 0.353 e. The number of alkyl halides is 3. The molecular formula is C19H23F3N6. The first kappa shape index (κ1) is 18.8. The van der Waals surface area contributed by atoms with Crippen LogP contribution in [0.3, 0.4) is 0 Å². The molecule has 9 heteroatoms. The van der Waals surface area contributed by atoms with Gasteiger partial charge in [-0.3, -0.25) is 0 Å². The maximum Gasteiger partial charge on any atom is 0.419 e. The lowest BCUT2D eigenvalue weighted by atomic mass is 10.2. The van der Waals surface area contributed by atoms with E-state index in [9.17, 15) is 13.2 Å². The first-order valence-electron chi connectivity index (χ1n) is 9.54. The SMILES string of the molecule is Cc1cc(N2CCN(c3ncccc3C(F)(F)F)CC2)nc(N2CCCC2)n1. The summed E-state index contributed by atoms with van der Waals surface area (Å²) < 4.78 is 39.8. The lowest BCUT2D eigenvalue weighted by Gasteiger charge is -2.37. The number of hydrogen-bond acceptors (Lipinski definition) is 6. The Morgan fingerprint density at radius 2 is 1.57 bits per heavy atom. The normalized spacial score (nSPS) is 18.1. The molecule has 6 nitrogen and oxygen atoms in total. The fourth-order valence-electron chi connectivity index (χ4n) is 3.77. The number of anilines is 3. The molecule has 0 unspecified atom stereocenters. The van der Waals surface area contributed by atoms with E-state index in [0.29, 0.717) is 26.2 Å². The largest absolute Gasteiger partial charge is 0.419 e. The summed E-state index contributed by atoms with van der Waals surface area (Å²) in [6.07, 6.45) is -0.698. The van der Waals surface area contributed by atoms with E-state index in [1.807, 2.05) is 13.0 Å². The Morgan fingerprint density at radius 3 is 2.25 bits per heavy atom. The van der Waals surface area contributed by atoms with E-state index in [0.717, 1.165) is 49.5 Å². The zero-order valence-electron chi connectivity index (χ0n) is 15.8. The molecule has 0 radical (unpaired) electrons. The summed E-state index contributed by atoms with van der Waals surface area (Å²) >= 11 is 0. The number of aryl methyl sites for hydroxylation is 1. The lowest BCUT2D eigenvalue weighted by molar-refractivity contribution is -0.137. The molecule has 0 spiro atoms. The molecular weight excluding hydrogens is 369 g/mol. The van der Waals surface area contributed by atoms with E-state index in [1.54, 1.807) is 4.90 Å². The van der Waals surface area contributed by atoms with Gasteiger partial charge in [0, 0.05) is 57.2 Å². The summed E-state index contributed by atoms with van der Waals surface area (Å²) in [5.74, 6) is 1.59. The van der Waals surface area contributed by atoms with Crippen molar-refractivity contribution < 1.29 is 13.2 Å². The fraction of sp³-hybridized carbons (Fsp3) is 0.526. The summed E-state index contributed by atoms with van der Waals surface area (Å²) in [6.45, 7) is 5.98. The molecule has 4 rings (SSSR count). The number of halogens is 3. The van der Waals surface area contributed by atoms with Gasteiger partial charge in [0.15, 0.2) is 0 Å². The zero-order chi connectivity index (χ0) is 19.7. The van der Waals surface area contributed by atoms with Gasteiger partial charge in [-0.1, -0.05) is 0 Å².